The first-order valence-electron chi connectivity index (χ1n) is 11.1. The van der Waals surface area contributed by atoms with Crippen LogP contribution >= 0.6 is 0 Å². The SMILES string of the molecule is CC1=Cc2c(n3c4c2c2c(c5c6cc(C)ccc6n(c54)C(C)CC3)C(=O)NC2=O)CC1. The van der Waals surface area contributed by atoms with Crippen molar-refractivity contribution in [3.63, 3.8) is 0 Å². The molecule has 4 heterocycles. The molecule has 5 heteroatoms. The molecule has 31 heavy (non-hydrogen) atoms. The second kappa shape index (κ2) is 5.47. The third-order valence-corrected chi connectivity index (χ3v) is 7.59. The van der Waals surface area contributed by atoms with Gasteiger partial charge in [0.15, 0.2) is 0 Å². The summed E-state index contributed by atoms with van der Waals surface area (Å²) in [6.45, 7) is 7.44. The van der Waals surface area contributed by atoms with Crippen LogP contribution in [0.5, 0.6) is 0 Å². The van der Waals surface area contributed by atoms with Crippen molar-refractivity contribution in [1.82, 2.24) is 14.5 Å². The molecule has 4 aromatic rings. The fourth-order valence-electron chi connectivity index (χ4n) is 6.24. The van der Waals surface area contributed by atoms with Crippen LogP contribution in [-0.4, -0.2) is 20.9 Å². The van der Waals surface area contributed by atoms with Crippen molar-refractivity contribution < 1.29 is 9.59 Å². The van der Waals surface area contributed by atoms with Gasteiger partial charge in [0.1, 0.15) is 0 Å². The Morgan fingerprint density at radius 1 is 1.00 bits per heavy atom. The number of aromatic nitrogens is 2. The van der Waals surface area contributed by atoms with E-state index >= 15 is 0 Å². The van der Waals surface area contributed by atoms with Crippen molar-refractivity contribution >= 4 is 50.6 Å². The standard InChI is InChI=1S/C26H23N3O2/c1-12-4-6-17-15(10-12)19-21-22(26(31)27-25(21)30)20-16-11-13(2)5-7-18(16)29-14(3)8-9-28(17)23(19)24(20)29/h5,7,10-11,14H,4,6,8-9H2,1-3H3,(H,27,30,31). The first-order chi connectivity index (χ1) is 15.0. The van der Waals surface area contributed by atoms with E-state index in [0.29, 0.717) is 17.2 Å². The smallest absolute Gasteiger partial charge is 0.259 e. The fourth-order valence-corrected chi connectivity index (χ4v) is 6.24. The third-order valence-electron chi connectivity index (χ3n) is 7.59. The van der Waals surface area contributed by atoms with Gasteiger partial charge in [-0.3, -0.25) is 14.9 Å². The number of aryl methyl sites for hydroxylation is 2. The van der Waals surface area contributed by atoms with Gasteiger partial charge in [0.05, 0.1) is 22.2 Å². The van der Waals surface area contributed by atoms with Gasteiger partial charge in [-0.25, -0.2) is 0 Å². The predicted molar refractivity (Wildman–Crippen MR) is 123 cm³/mol. The van der Waals surface area contributed by atoms with Crippen molar-refractivity contribution in [2.24, 2.45) is 0 Å². The number of amides is 2. The lowest BCUT2D eigenvalue weighted by molar-refractivity contribution is 0.0880. The van der Waals surface area contributed by atoms with Crippen LogP contribution in [0.3, 0.4) is 0 Å². The molecule has 0 bridgehead atoms. The highest BCUT2D eigenvalue weighted by atomic mass is 16.2. The van der Waals surface area contributed by atoms with Gasteiger partial charge in [0.25, 0.3) is 11.8 Å². The topological polar surface area (TPSA) is 56.0 Å². The van der Waals surface area contributed by atoms with Crippen LogP contribution in [0.2, 0.25) is 0 Å². The molecule has 0 fully saturated rings. The summed E-state index contributed by atoms with van der Waals surface area (Å²) in [6, 6.07) is 6.79. The predicted octanol–water partition coefficient (Wildman–Crippen LogP) is 5.26. The number of nitrogens with one attached hydrogen (secondary N) is 1. The zero-order valence-electron chi connectivity index (χ0n) is 17.9. The average molecular weight is 409 g/mol. The lowest BCUT2D eigenvalue weighted by Gasteiger charge is -2.17. The van der Waals surface area contributed by atoms with Crippen molar-refractivity contribution in [1.29, 1.82) is 0 Å². The first-order valence-corrected chi connectivity index (χ1v) is 11.1. The Morgan fingerprint density at radius 3 is 2.58 bits per heavy atom. The van der Waals surface area contributed by atoms with E-state index in [1.165, 1.54) is 11.3 Å². The summed E-state index contributed by atoms with van der Waals surface area (Å²) in [5.74, 6) is -0.526. The van der Waals surface area contributed by atoms with E-state index in [-0.39, 0.29) is 11.8 Å². The number of allylic oxidation sites excluding steroid dienone is 1. The largest absolute Gasteiger partial charge is 0.342 e. The molecular weight excluding hydrogens is 386 g/mol. The molecule has 2 aromatic carbocycles. The molecule has 0 radical (unpaired) electrons. The molecule has 2 amide bonds. The Hall–Kier alpha value is -3.34. The van der Waals surface area contributed by atoms with Crippen LogP contribution in [0.1, 0.15) is 70.3 Å². The van der Waals surface area contributed by atoms with Gasteiger partial charge >= 0.3 is 0 Å². The van der Waals surface area contributed by atoms with Crippen molar-refractivity contribution in [3.8, 4) is 0 Å². The van der Waals surface area contributed by atoms with Gasteiger partial charge in [-0.2, -0.15) is 0 Å². The van der Waals surface area contributed by atoms with Crippen LogP contribution < -0.4 is 5.32 Å². The van der Waals surface area contributed by atoms with Crippen LogP contribution in [0.4, 0.5) is 0 Å². The van der Waals surface area contributed by atoms with E-state index in [4.69, 9.17) is 0 Å². The summed E-state index contributed by atoms with van der Waals surface area (Å²) in [4.78, 5) is 26.3. The highest BCUT2D eigenvalue weighted by molar-refractivity contribution is 6.37. The van der Waals surface area contributed by atoms with Gasteiger partial charge in [-0.1, -0.05) is 23.3 Å². The number of rotatable bonds is 0. The van der Waals surface area contributed by atoms with Crippen LogP contribution in [-0.2, 0) is 13.0 Å². The molecule has 2 aliphatic heterocycles. The van der Waals surface area contributed by atoms with Gasteiger partial charge in [0.2, 0.25) is 0 Å². The summed E-state index contributed by atoms with van der Waals surface area (Å²) in [5.41, 5.74) is 9.46. The molecule has 0 saturated carbocycles. The van der Waals surface area contributed by atoms with Gasteiger partial charge in [-0.05, 0) is 52.2 Å². The normalized spacial score (nSPS) is 19.8. The van der Waals surface area contributed by atoms with Gasteiger partial charge in [-0.15, -0.1) is 0 Å². The van der Waals surface area contributed by atoms with Crippen molar-refractivity contribution in [3.05, 3.63) is 51.7 Å². The maximum absolute atomic E-state index is 13.1. The minimum absolute atomic E-state index is 0.260. The summed E-state index contributed by atoms with van der Waals surface area (Å²) in [6.07, 6.45) is 5.27. The quantitative estimate of drug-likeness (QED) is 0.403. The Kier molecular flexibility index (Phi) is 3.06. The highest BCUT2D eigenvalue weighted by Crippen LogP contribution is 2.48. The van der Waals surface area contributed by atoms with Crippen molar-refractivity contribution in [2.75, 3.05) is 0 Å². The van der Waals surface area contributed by atoms with E-state index in [0.717, 1.165) is 69.6 Å². The van der Waals surface area contributed by atoms with Crippen LogP contribution in [0.15, 0.2) is 23.8 Å². The maximum Gasteiger partial charge on any atom is 0.259 e. The molecular formula is C26H23N3O2. The minimum atomic E-state index is -0.266. The van der Waals surface area contributed by atoms with E-state index in [1.54, 1.807) is 0 Å². The molecule has 1 N–H and O–H groups in total. The number of imide groups is 1. The monoisotopic (exact) mass is 409 g/mol. The van der Waals surface area contributed by atoms with Crippen LogP contribution in [0.25, 0.3) is 38.8 Å². The number of benzene rings is 2. The number of carbonyl (C=O) groups excluding carboxylic acids is 2. The molecule has 5 nitrogen and oxygen atoms in total. The second-order valence-electron chi connectivity index (χ2n) is 9.51. The Balaban J connectivity index is 1.87. The lowest BCUT2D eigenvalue weighted by Crippen LogP contribution is -2.20. The van der Waals surface area contributed by atoms with E-state index in [9.17, 15) is 9.59 Å². The molecule has 7 rings (SSSR count). The number of hydrogen-bond acceptors (Lipinski definition) is 2. The zero-order valence-corrected chi connectivity index (χ0v) is 17.9. The van der Waals surface area contributed by atoms with Crippen LogP contribution in [0, 0.1) is 6.92 Å². The Morgan fingerprint density at radius 2 is 1.77 bits per heavy atom. The van der Waals surface area contributed by atoms with E-state index in [2.05, 4.69) is 59.5 Å². The Bertz CT molecular complexity index is 1580. The average Bonchev–Trinajstić information content (AvgIpc) is 3.29. The molecule has 3 aliphatic rings. The number of hydrogen-bond donors (Lipinski definition) is 1. The van der Waals surface area contributed by atoms with Gasteiger partial charge < -0.3 is 9.13 Å². The second-order valence-corrected chi connectivity index (χ2v) is 9.51. The molecule has 0 saturated heterocycles. The summed E-state index contributed by atoms with van der Waals surface area (Å²) < 4.78 is 4.88. The molecule has 2 aromatic heterocycles. The number of nitrogens with zero attached hydrogens (tertiary/aromatic N) is 2. The van der Waals surface area contributed by atoms with Gasteiger partial charge in [0, 0.05) is 45.5 Å². The summed E-state index contributed by atoms with van der Waals surface area (Å²) >= 11 is 0. The molecule has 1 unspecified atom stereocenters. The lowest BCUT2D eigenvalue weighted by atomic mass is 9.92. The first kappa shape index (κ1) is 17.4. The molecule has 154 valence electrons. The fraction of sp³-hybridized carbons (Fsp3) is 0.308. The van der Waals surface area contributed by atoms with Crippen molar-refractivity contribution in [2.45, 2.75) is 52.6 Å². The minimum Gasteiger partial charge on any atom is -0.342 e. The van der Waals surface area contributed by atoms with E-state index in [1.807, 2.05) is 0 Å². The summed E-state index contributed by atoms with van der Waals surface area (Å²) in [7, 11) is 0. The molecule has 0 spiro atoms. The summed E-state index contributed by atoms with van der Waals surface area (Å²) in [5, 5.41) is 5.59. The maximum atomic E-state index is 13.1. The molecule has 1 aliphatic carbocycles. The number of carbonyl (C=O) groups is 2. The number of fused-ring (bicyclic) bond motifs is 9. The molecule has 1 atom stereocenters. The highest BCUT2D eigenvalue weighted by Gasteiger charge is 2.39. The van der Waals surface area contributed by atoms with E-state index < -0.39 is 0 Å². The Labute approximate surface area is 179 Å². The third kappa shape index (κ3) is 1.93. The zero-order chi connectivity index (χ0) is 21.2.